The van der Waals surface area contributed by atoms with Gasteiger partial charge in [-0.05, 0) is 37.5 Å². The van der Waals surface area contributed by atoms with Gasteiger partial charge in [-0.1, -0.05) is 12.2 Å². The minimum atomic E-state index is -0.882. The molecule has 5 heteroatoms. The van der Waals surface area contributed by atoms with E-state index < -0.39 is 5.97 Å². The van der Waals surface area contributed by atoms with Crippen molar-refractivity contribution in [3.63, 3.8) is 0 Å². The topological polar surface area (TPSA) is 69.6 Å². The highest BCUT2D eigenvalue weighted by atomic mass is 16.4. The summed E-state index contributed by atoms with van der Waals surface area (Å²) >= 11 is 0. The fraction of sp³-hybridized carbons (Fsp3) is 0.714. The molecule has 0 aromatic rings. The lowest BCUT2D eigenvalue weighted by Gasteiger charge is -2.43. The highest BCUT2D eigenvalue weighted by molar-refractivity contribution is 5.75. The number of carboxylic acid groups (broad SMARTS) is 1. The maximum absolute atomic E-state index is 12.0. The first kappa shape index (κ1) is 13.9. The molecule has 1 aliphatic carbocycles. The molecule has 1 atom stereocenters. The van der Waals surface area contributed by atoms with Gasteiger partial charge in [-0.25, -0.2) is 4.79 Å². The van der Waals surface area contributed by atoms with Crippen molar-refractivity contribution in [1.29, 1.82) is 0 Å². The zero-order valence-electron chi connectivity index (χ0n) is 11.2. The van der Waals surface area contributed by atoms with Gasteiger partial charge in [0.2, 0.25) is 0 Å². The molecular weight excluding hydrogens is 244 g/mol. The summed E-state index contributed by atoms with van der Waals surface area (Å²) in [6.45, 7) is 1.79. The van der Waals surface area contributed by atoms with E-state index in [-0.39, 0.29) is 24.4 Å². The number of carboxylic acids is 1. The second kappa shape index (κ2) is 6.08. The summed E-state index contributed by atoms with van der Waals surface area (Å²) in [6, 6.07) is -0.116. The van der Waals surface area contributed by atoms with Gasteiger partial charge < -0.3 is 15.3 Å². The molecule has 1 spiro atoms. The molecular formula is C14H22N2O3. The van der Waals surface area contributed by atoms with Crippen LogP contribution in [0.4, 0.5) is 4.79 Å². The summed E-state index contributed by atoms with van der Waals surface area (Å²) in [5.41, 5.74) is 0.261. The van der Waals surface area contributed by atoms with Crippen molar-refractivity contribution in [2.45, 2.75) is 38.5 Å². The zero-order chi connectivity index (χ0) is 13.7. The summed E-state index contributed by atoms with van der Waals surface area (Å²) < 4.78 is 0. The van der Waals surface area contributed by atoms with Gasteiger partial charge in [-0.2, -0.15) is 0 Å². The van der Waals surface area contributed by atoms with Gasteiger partial charge in [0.05, 0.1) is 6.42 Å². The van der Waals surface area contributed by atoms with Crippen molar-refractivity contribution < 1.29 is 14.7 Å². The van der Waals surface area contributed by atoms with Crippen LogP contribution >= 0.6 is 0 Å². The zero-order valence-corrected chi connectivity index (χ0v) is 11.2. The van der Waals surface area contributed by atoms with Gasteiger partial charge in [0.25, 0.3) is 0 Å². The number of nitrogens with one attached hydrogen (secondary N) is 1. The first-order chi connectivity index (χ1) is 9.11. The third-order valence-electron chi connectivity index (χ3n) is 4.12. The fourth-order valence-corrected chi connectivity index (χ4v) is 3.08. The standard InChI is InChI=1S/C14H22N2O3/c17-12(18)5-9-15-13(19)16-10-4-8-14(11-16)6-2-1-3-7-14/h1-2H,3-11H2,(H,15,19)(H,17,18). The monoisotopic (exact) mass is 266 g/mol. The number of carbonyl (C=O) groups excluding carboxylic acids is 1. The highest BCUT2D eigenvalue weighted by Gasteiger charge is 2.36. The van der Waals surface area contributed by atoms with Crippen LogP contribution in [0.3, 0.4) is 0 Å². The third kappa shape index (κ3) is 3.72. The molecule has 2 amide bonds. The number of hydrogen-bond acceptors (Lipinski definition) is 2. The van der Waals surface area contributed by atoms with Crippen molar-refractivity contribution in [2.75, 3.05) is 19.6 Å². The number of allylic oxidation sites excluding steroid dienone is 2. The van der Waals surface area contributed by atoms with E-state index in [0.29, 0.717) is 0 Å². The number of piperidine rings is 1. The molecule has 2 rings (SSSR count). The Balaban J connectivity index is 1.84. The van der Waals surface area contributed by atoms with E-state index in [1.54, 1.807) is 0 Å². The van der Waals surface area contributed by atoms with Gasteiger partial charge in [-0.15, -0.1) is 0 Å². The average Bonchev–Trinajstić information content (AvgIpc) is 2.39. The molecule has 0 radical (unpaired) electrons. The quantitative estimate of drug-likeness (QED) is 0.767. The number of likely N-dealkylation sites (tertiary alicyclic amines) is 1. The van der Waals surface area contributed by atoms with E-state index in [9.17, 15) is 9.59 Å². The molecule has 19 heavy (non-hydrogen) atoms. The largest absolute Gasteiger partial charge is 0.481 e. The summed E-state index contributed by atoms with van der Waals surface area (Å²) in [5, 5.41) is 11.3. The predicted molar refractivity (Wildman–Crippen MR) is 71.9 cm³/mol. The number of amides is 2. The molecule has 0 aromatic carbocycles. The van der Waals surface area contributed by atoms with Crippen molar-refractivity contribution in [1.82, 2.24) is 10.2 Å². The molecule has 106 valence electrons. The molecule has 5 nitrogen and oxygen atoms in total. The van der Waals surface area contributed by atoms with Gasteiger partial charge in [-0.3, -0.25) is 4.79 Å². The van der Waals surface area contributed by atoms with E-state index in [1.165, 1.54) is 6.42 Å². The Bertz CT molecular complexity index is 381. The van der Waals surface area contributed by atoms with Gasteiger partial charge in [0.1, 0.15) is 0 Å². The maximum Gasteiger partial charge on any atom is 0.317 e. The van der Waals surface area contributed by atoms with Gasteiger partial charge in [0.15, 0.2) is 0 Å². The molecule has 0 aromatic heterocycles. The summed E-state index contributed by atoms with van der Waals surface area (Å²) in [7, 11) is 0. The minimum Gasteiger partial charge on any atom is -0.481 e. The summed E-state index contributed by atoms with van der Waals surface area (Å²) in [5.74, 6) is -0.882. The van der Waals surface area contributed by atoms with E-state index in [0.717, 1.165) is 38.8 Å². The fourth-order valence-electron chi connectivity index (χ4n) is 3.08. The number of hydrogen-bond donors (Lipinski definition) is 2. The predicted octanol–water partition coefficient (Wildman–Crippen LogP) is 1.99. The van der Waals surface area contributed by atoms with Crippen molar-refractivity contribution in [2.24, 2.45) is 5.41 Å². The molecule has 1 fully saturated rings. The number of urea groups is 1. The number of carbonyl (C=O) groups is 2. The Labute approximate surface area is 113 Å². The molecule has 1 saturated heterocycles. The van der Waals surface area contributed by atoms with Crippen LogP contribution in [0.2, 0.25) is 0 Å². The highest BCUT2D eigenvalue weighted by Crippen LogP contribution is 2.40. The maximum atomic E-state index is 12.0. The Hall–Kier alpha value is -1.52. The smallest absolute Gasteiger partial charge is 0.317 e. The average molecular weight is 266 g/mol. The van der Waals surface area contributed by atoms with Crippen LogP contribution in [0.1, 0.15) is 38.5 Å². The van der Waals surface area contributed by atoms with Crippen LogP contribution in [-0.2, 0) is 4.79 Å². The Morgan fingerprint density at radius 2 is 2.16 bits per heavy atom. The summed E-state index contributed by atoms with van der Waals surface area (Å²) in [6.07, 6.45) is 9.99. The lowest BCUT2D eigenvalue weighted by molar-refractivity contribution is -0.136. The summed E-state index contributed by atoms with van der Waals surface area (Å²) in [4.78, 5) is 24.3. The van der Waals surface area contributed by atoms with Crippen molar-refractivity contribution in [3.8, 4) is 0 Å². The van der Waals surface area contributed by atoms with E-state index >= 15 is 0 Å². The first-order valence-electron chi connectivity index (χ1n) is 7.01. The molecule has 1 heterocycles. The van der Waals surface area contributed by atoms with Crippen LogP contribution in [-0.4, -0.2) is 41.6 Å². The minimum absolute atomic E-state index is 0.0204. The molecule has 1 unspecified atom stereocenters. The first-order valence-corrected chi connectivity index (χ1v) is 7.01. The molecule has 2 N–H and O–H groups in total. The van der Waals surface area contributed by atoms with Gasteiger partial charge in [0, 0.05) is 19.6 Å². The van der Waals surface area contributed by atoms with Crippen molar-refractivity contribution in [3.05, 3.63) is 12.2 Å². The molecule has 1 aliphatic heterocycles. The Morgan fingerprint density at radius 1 is 1.32 bits per heavy atom. The number of aliphatic carboxylic acids is 1. The van der Waals surface area contributed by atoms with Crippen molar-refractivity contribution >= 4 is 12.0 Å². The van der Waals surface area contributed by atoms with Crippen LogP contribution in [0.15, 0.2) is 12.2 Å². The van der Waals surface area contributed by atoms with E-state index in [2.05, 4.69) is 17.5 Å². The van der Waals surface area contributed by atoms with Crippen LogP contribution in [0.5, 0.6) is 0 Å². The molecule has 2 aliphatic rings. The van der Waals surface area contributed by atoms with Crippen LogP contribution in [0.25, 0.3) is 0 Å². The Morgan fingerprint density at radius 3 is 2.84 bits per heavy atom. The number of rotatable bonds is 3. The Kier molecular flexibility index (Phi) is 4.45. The number of nitrogens with zero attached hydrogens (tertiary/aromatic N) is 1. The molecule has 0 bridgehead atoms. The lowest BCUT2D eigenvalue weighted by atomic mass is 9.71. The van der Waals surface area contributed by atoms with Crippen LogP contribution < -0.4 is 5.32 Å². The third-order valence-corrected chi connectivity index (χ3v) is 4.12. The second-order valence-electron chi connectivity index (χ2n) is 5.61. The van der Waals surface area contributed by atoms with E-state index in [1.807, 2.05) is 4.90 Å². The SMILES string of the molecule is O=C(O)CCNC(=O)N1CCCC2(CC=CCC2)C1. The van der Waals surface area contributed by atoms with Crippen LogP contribution in [0, 0.1) is 5.41 Å². The lowest BCUT2D eigenvalue weighted by Crippen LogP contribution is -2.50. The normalized spacial score (nSPS) is 26.4. The van der Waals surface area contributed by atoms with E-state index in [4.69, 9.17) is 5.11 Å². The molecule has 0 saturated carbocycles. The second-order valence-corrected chi connectivity index (χ2v) is 5.61. The van der Waals surface area contributed by atoms with Gasteiger partial charge >= 0.3 is 12.0 Å².